The fraction of sp³-hybridized carbons (Fsp3) is 0.560. The van der Waals surface area contributed by atoms with Crippen LogP contribution in [0.4, 0.5) is 4.79 Å². The molecule has 35 heavy (non-hydrogen) atoms. The molecule has 1 aromatic heterocycles. The topological polar surface area (TPSA) is 129 Å². The van der Waals surface area contributed by atoms with Gasteiger partial charge in [0.2, 0.25) is 0 Å². The lowest BCUT2D eigenvalue weighted by Gasteiger charge is -2.36. The number of rotatable bonds is 7. The number of aliphatic hydroxyl groups is 1. The number of nitrogens with zero attached hydrogens (tertiary/aromatic N) is 3. The minimum Gasteiger partial charge on any atom is -0.497 e. The third-order valence-electron chi connectivity index (χ3n) is 6.21. The number of amides is 1. The highest BCUT2D eigenvalue weighted by Crippen LogP contribution is 2.37. The van der Waals surface area contributed by atoms with Crippen molar-refractivity contribution in [3.05, 3.63) is 35.8 Å². The van der Waals surface area contributed by atoms with Crippen molar-refractivity contribution in [2.75, 3.05) is 39.8 Å². The molecule has 3 rings (SSSR count). The zero-order chi connectivity index (χ0) is 25.8. The summed E-state index contributed by atoms with van der Waals surface area (Å²) < 4.78 is 17.0. The van der Waals surface area contributed by atoms with Gasteiger partial charge in [-0.05, 0) is 70.2 Å². The fourth-order valence-electron chi connectivity index (χ4n) is 4.48. The molecule has 0 aliphatic carbocycles. The van der Waals surface area contributed by atoms with E-state index >= 15 is 0 Å². The third-order valence-corrected chi connectivity index (χ3v) is 6.21. The molecule has 1 aliphatic heterocycles. The molecule has 1 unspecified atom stereocenters. The van der Waals surface area contributed by atoms with E-state index in [1.54, 1.807) is 36.3 Å². The van der Waals surface area contributed by atoms with E-state index in [1.165, 1.54) is 11.8 Å². The van der Waals surface area contributed by atoms with Gasteiger partial charge >= 0.3 is 12.1 Å². The van der Waals surface area contributed by atoms with Crippen molar-refractivity contribution in [3.8, 4) is 17.0 Å². The van der Waals surface area contributed by atoms with Gasteiger partial charge in [0.1, 0.15) is 22.9 Å². The van der Waals surface area contributed by atoms with Gasteiger partial charge in [0.15, 0.2) is 5.69 Å². The van der Waals surface area contributed by atoms with Crippen LogP contribution in [-0.4, -0.2) is 71.2 Å². The Kier molecular flexibility index (Phi) is 8.26. The average molecular weight is 489 g/mol. The first-order chi connectivity index (χ1) is 16.6. The number of nitrogens with two attached hydrogens (primary N) is 1. The van der Waals surface area contributed by atoms with Crippen LogP contribution in [0.15, 0.2) is 24.3 Å². The Labute approximate surface area is 205 Å². The van der Waals surface area contributed by atoms with Crippen molar-refractivity contribution >= 4 is 12.1 Å². The van der Waals surface area contributed by atoms with Gasteiger partial charge < -0.3 is 30.1 Å². The van der Waals surface area contributed by atoms with Crippen LogP contribution in [0.1, 0.15) is 62.3 Å². The number of hydrogen-bond acceptors (Lipinski definition) is 8. The summed E-state index contributed by atoms with van der Waals surface area (Å²) in [6, 6.07) is 7.17. The number of methoxy groups -OCH3 is 2. The molecule has 0 spiro atoms. The Hall–Kier alpha value is -3.27. The van der Waals surface area contributed by atoms with E-state index in [2.05, 4.69) is 0 Å². The zero-order valence-electron chi connectivity index (χ0n) is 21.1. The van der Waals surface area contributed by atoms with Gasteiger partial charge in [0.05, 0.1) is 14.2 Å². The van der Waals surface area contributed by atoms with E-state index in [4.69, 9.17) is 25.0 Å². The van der Waals surface area contributed by atoms with Crippen molar-refractivity contribution in [2.24, 2.45) is 5.92 Å². The van der Waals surface area contributed by atoms with Crippen molar-refractivity contribution in [1.29, 1.82) is 0 Å². The number of esters is 1. The maximum atomic E-state index is 12.7. The molecule has 1 atom stereocenters. The lowest BCUT2D eigenvalue weighted by atomic mass is 9.82. The van der Waals surface area contributed by atoms with Crippen molar-refractivity contribution in [2.45, 2.75) is 51.6 Å². The maximum Gasteiger partial charge on any atom is 0.410 e. The maximum absolute atomic E-state index is 12.7. The van der Waals surface area contributed by atoms with Crippen LogP contribution < -0.4 is 10.6 Å². The molecule has 10 heteroatoms. The van der Waals surface area contributed by atoms with E-state index < -0.39 is 11.6 Å². The molecule has 2 aromatic rings. The van der Waals surface area contributed by atoms with Gasteiger partial charge in [0.25, 0.3) is 0 Å². The van der Waals surface area contributed by atoms with E-state index in [-0.39, 0.29) is 30.2 Å². The fourth-order valence-corrected chi connectivity index (χ4v) is 4.48. The predicted molar refractivity (Wildman–Crippen MR) is 131 cm³/mol. The summed E-state index contributed by atoms with van der Waals surface area (Å²) in [5, 5.41) is 9.83. The van der Waals surface area contributed by atoms with Crippen LogP contribution in [0.25, 0.3) is 11.3 Å². The van der Waals surface area contributed by atoms with E-state index in [0.29, 0.717) is 55.2 Å². The molecule has 10 nitrogen and oxygen atoms in total. The summed E-state index contributed by atoms with van der Waals surface area (Å²) >= 11 is 0. The SMILES string of the molecule is COC(=O)c1c(-c2ccc(OC)cc2)nc(C(CCO)C2CCN(C(=O)OC(C)(C)C)CC2)n1N. The van der Waals surface area contributed by atoms with Gasteiger partial charge in [0, 0.05) is 31.2 Å². The number of piperidine rings is 1. The predicted octanol–water partition coefficient (Wildman–Crippen LogP) is 3.17. The quantitative estimate of drug-likeness (QED) is 0.449. The Morgan fingerprint density at radius 3 is 2.31 bits per heavy atom. The summed E-state index contributed by atoms with van der Waals surface area (Å²) in [5.74, 6) is 6.90. The molecule has 3 N–H and O–H groups in total. The van der Waals surface area contributed by atoms with Gasteiger partial charge in [-0.1, -0.05) is 0 Å². The lowest BCUT2D eigenvalue weighted by molar-refractivity contribution is 0.0168. The Balaban J connectivity index is 1.90. The third kappa shape index (κ3) is 6.05. The molecular formula is C25H36N4O6. The molecule has 1 aromatic carbocycles. The number of aromatic nitrogens is 2. The number of hydrogen-bond donors (Lipinski definition) is 2. The van der Waals surface area contributed by atoms with Crippen molar-refractivity contribution in [1.82, 2.24) is 14.6 Å². The van der Waals surface area contributed by atoms with E-state index in [9.17, 15) is 14.7 Å². The number of benzene rings is 1. The molecule has 192 valence electrons. The summed E-state index contributed by atoms with van der Waals surface area (Å²) in [6.45, 7) is 6.53. The second kappa shape index (κ2) is 11.0. The average Bonchev–Trinajstić information content (AvgIpc) is 3.17. The summed E-state index contributed by atoms with van der Waals surface area (Å²) in [7, 11) is 2.87. The van der Waals surface area contributed by atoms with Crippen LogP contribution in [0.3, 0.4) is 0 Å². The van der Waals surface area contributed by atoms with Gasteiger partial charge in [-0.25, -0.2) is 19.2 Å². The molecule has 1 aliphatic rings. The van der Waals surface area contributed by atoms with Crippen LogP contribution in [0, 0.1) is 5.92 Å². The Morgan fingerprint density at radius 1 is 1.17 bits per heavy atom. The van der Waals surface area contributed by atoms with Crippen LogP contribution >= 0.6 is 0 Å². The monoisotopic (exact) mass is 488 g/mol. The van der Waals surface area contributed by atoms with Gasteiger partial charge in [-0.15, -0.1) is 0 Å². The second-order valence-electron chi connectivity index (χ2n) is 9.68. The molecule has 1 amide bonds. The normalized spacial score (nSPS) is 15.5. The summed E-state index contributed by atoms with van der Waals surface area (Å²) in [6.07, 6.45) is 1.49. The molecule has 2 heterocycles. The molecule has 0 radical (unpaired) electrons. The molecular weight excluding hydrogens is 452 g/mol. The van der Waals surface area contributed by atoms with Crippen LogP contribution in [-0.2, 0) is 9.47 Å². The zero-order valence-corrected chi connectivity index (χ0v) is 21.1. The second-order valence-corrected chi connectivity index (χ2v) is 9.68. The molecule has 0 bridgehead atoms. The Morgan fingerprint density at radius 2 is 1.80 bits per heavy atom. The molecule has 1 fully saturated rings. The van der Waals surface area contributed by atoms with Gasteiger partial charge in [-0.3, -0.25) is 0 Å². The molecule has 1 saturated heterocycles. The smallest absolute Gasteiger partial charge is 0.410 e. The minimum absolute atomic E-state index is 0.0603. The number of likely N-dealkylation sites (tertiary alicyclic amines) is 1. The lowest BCUT2D eigenvalue weighted by Crippen LogP contribution is -2.43. The number of carbonyl (C=O) groups excluding carboxylic acids is 2. The number of ether oxygens (including phenoxy) is 3. The first-order valence-electron chi connectivity index (χ1n) is 11.8. The number of nitrogen functional groups attached to an aromatic ring is 1. The first kappa shape index (κ1) is 26.3. The van der Waals surface area contributed by atoms with Crippen LogP contribution in [0.2, 0.25) is 0 Å². The summed E-state index contributed by atoms with van der Waals surface area (Å²) in [4.78, 5) is 31.6. The largest absolute Gasteiger partial charge is 0.497 e. The standard InChI is InChI=1S/C25H36N4O6/c1-25(2,3)35-24(32)28-13-10-16(11-14-28)19(12-15-30)22-27-20(21(29(22)26)23(31)34-5)17-6-8-18(33-4)9-7-17/h6-9,16,19,30H,10-15,26H2,1-5H3. The first-order valence-corrected chi connectivity index (χ1v) is 11.8. The highest BCUT2D eigenvalue weighted by atomic mass is 16.6. The van der Waals surface area contributed by atoms with Crippen LogP contribution in [0.5, 0.6) is 5.75 Å². The van der Waals surface area contributed by atoms with Gasteiger partial charge in [-0.2, -0.15) is 0 Å². The number of imidazole rings is 1. The molecule has 0 saturated carbocycles. The van der Waals surface area contributed by atoms with E-state index in [0.717, 1.165) is 0 Å². The Bertz CT molecular complexity index is 1020. The highest BCUT2D eigenvalue weighted by molar-refractivity contribution is 5.94. The number of carbonyl (C=O) groups is 2. The van der Waals surface area contributed by atoms with Crippen molar-refractivity contribution < 1.29 is 28.9 Å². The number of aliphatic hydroxyl groups excluding tert-OH is 1. The highest BCUT2D eigenvalue weighted by Gasteiger charge is 2.35. The van der Waals surface area contributed by atoms with Crippen molar-refractivity contribution in [3.63, 3.8) is 0 Å². The van der Waals surface area contributed by atoms with E-state index in [1.807, 2.05) is 20.8 Å². The summed E-state index contributed by atoms with van der Waals surface area (Å²) in [5.41, 5.74) is 0.687. The minimum atomic E-state index is -0.598.